The average Bonchev–Trinajstić information content (AvgIpc) is 3.78. The number of hydrogen-bond acceptors (Lipinski definition) is 4. The number of fused-ring (bicyclic) bond motifs is 6. The number of nitriles is 1. The molecule has 0 radical (unpaired) electrons. The quantitative estimate of drug-likeness (QED) is 0.0287. The Labute approximate surface area is 408 Å². The molecule has 0 saturated heterocycles. The van der Waals surface area contributed by atoms with Gasteiger partial charge in [0.25, 0.3) is 0 Å². The second-order valence-corrected chi connectivity index (χ2v) is 19.1. The normalized spacial score (nSPS) is 18.4. The van der Waals surface area contributed by atoms with Crippen molar-refractivity contribution >= 4 is 50.6 Å². The molecular formula is C62H66N3O4+. The van der Waals surface area contributed by atoms with Gasteiger partial charge >= 0.3 is 11.9 Å². The van der Waals surface area contributed by atoms with Crippen LogP contribution in [0.15, 0.2) is 169 Å². The Balaban J connectivity index is 1.34. The summed E-state index contributed by atoms with van der Waals surface area (Å²) in [6, 6.07) is 49.4. The van der Waals surface area contributed by atoms with E-state index in [1.165, 1.54) is 22.3 Å². The summed E-state index contributed by atoms with van der Waals surface area (Å²) in [5.74, 6) is -1.72. The number of rotatable bonds is 23. The van der Waals surface area contributed by atoms with Crippen LogP contribution in [-0.4, -0.2) is 45.5 Å². The Morgan fingerprint density at radius 2 is 1.19 bits per heavy atom. The monoisotopic (exact) mass is 917 g/mol. The van der Waals surface area contributed by atoms with Crippen LogP contribution in [0, 0.1) is 11.3 Å². The number of aliphatic carboxylic acids is 2. The molecule has 0 amide bonds. The van der Waals surface area contributed by atoms with Gasteiger partial charge in [-0.3, -0.25) is 9.59 Å². The molecule has 0 spiro atoms. The minimum atomic E-state index is -0.861. The number of carbonyl (C=O) groups is 2. The molecule has 7 nitrogen and oxygen atoms in total. The summed E-state index contributed by atoms with van der Waals surface area (Å²) in [6.45, 7) is 5.03. The Morgan fingerprint density at radius 3 is 1.78 bits per heavy atom. The van der Waals surface area contributed by atoms with Crippen LogP contribution in [0.1, 0.15) is 113 Å². The van der Waals surface area contributed by atoms with Crippen molar-refractivity contribution in [1.82, 2.24) is 0 Å². The predicted molar refractivity (Wildman–Crippen MR) is 282 cm³/mol. The van der Waals surface area contributed by atoms with Crippen molar-refractivity contribution in [2.75, 3.05) is 18.0 Å². The van der Waals surface area contributed by atoms with Gasteiger partial charge in [0.1, 0.15) is 6.42 Å². The summed E-state index contributed by atoms with van der Waals surface area (Å²) >= 11 is 0. The fraction of sp³-hybridized carbons (Fsp3) is 0.323. The highest BCUT2D eigenvalue weighted by atomic mass is 16.4. The zero-order valence-corrected chi connectivity index (χ0v) is 40.4. The first-order chi connectivity index (χ1) is 33.7. The second kappa shape index (κ2) is 22.4. The van der Waals surface area contributed by atoms with Crippen LogP contribution in [0.2, 0.25) is 0 Å². The summed E-state index contributed by atoms with van der Waals surface area (Å²) in [4.78, 5) is 27.0. The van der Waals surface area contributed by atoms with Crippen LogP contribution in [0.3, 0.4) is 0 Å². The molecule has 2 aliphatic rings. The van der Waals surface area contributed by atoms with Crippen LogP contribution in [0.5, 0.6) is 0 Å². The number of carboxylic acid groups (broad SMARTS) is 2. The van der Waals surface area contributed by atoms with E-state index in [-0.39, 0.29) is 25.9 Å². The molecule has 352 valence electrons. The van der Waals surface area contributed by atoms with E-state index in [2.05, 4.69) is 163 Å². The van der Waals surface area contributed by atoms with Gasteiger partial charge in [0.2, 0.25) is 5.69 Å². The lowest BCUT2D eigenvalue weighted by atomic mass is 9.68. The van der Waals surface area contributed by atoms with E-state index in [0.29, 0.717) is 18.4 Å². The van der Waals surface area contributed by atoms with E-state index in [9.17, 15) is 25.1 Å². The van der Waals surface area contributed by atoms with Gasteiger partial charge in [-0.2, -0.15) is 9.84 Å². The SMILES string of the molecule is CCCCCCC1(Cc2ccccc2)C(=CC=C(C#N)C=CC2=[N+](CCC(=O)O)c3ccc4ccccc4c3C2(CCCCCC)Cc2ccccc2)N(CCC(=O)O)c2ccc3ccccc3c21. The molecule has 2 N–H and O–H groups in total. The largest absolute Gasteiger partial charge is 0.481 e. The molecule has 8 rings (SSSR count). The summed E-state index contributed by atoms with van der Waals surface area (Å²) in [6.07, 6.45) is 19.7. The van der Waals surface area contributed by atoms with Crippen LogP contribution in [0.4, 0.5) is 11.4 Å². The lowest BCUT2D eigenvalue weighted by Gasteiger charge is -2.35. The number of allylic oxidation sites excluding steroid dienone is 6. The van der Waals surface area contributed by atoms with Crippen molar-refractivity contribution in [2.45, 2.75) is 115 Å². The summed E-state index contributed by atoms with van der Waals surface area (Å²) in [5, 5.41) is 36.0. The average molecular weight is 917 g/mol. The maximum atomic E-state index is 12.4. The molecule has 2 atom stereocenters. The van der Waals surface area contributed by atoms with Crippen molar-refractivity contribution < 1.29 is 24.4 Å². The fourth-order valence-corrected chi connectivity index (χ4v) is 11.5. The standard InChI is InChI=1S/C62H65N3O4/c1-3-5-7-19-39-61(43-46-21-11-9-12-22-46)55(64(41-37-57(66)67)53-33-31-49-25-15-17-27-51(49)59(53)61)35-29-48(45-63)30-36-56-62(40-20-8-6-4-2,44-47-23-13-10-14-24-47)60-52-28-18-16-26-50(52)32-34-54(60)65(56)42-38-58(68)69/h9-18,21-36H,3-8,19-20,37-44H2,1-2H3,(H-,66,67,68,69)/p+1. The minimum Gasteiger partial charge on any atom is -0.481 e. The Hall–Kier alpha value is -7.04. The molecular weight excluding hydrogens is 851 g/mol. The number of unbranched alkanes of at least 4 members (excludes halogenated alkanes) is 6. The minimum absolute atomic E-state index is 0.0446. The lowest BCUT2D eigenvalue weighted by molar-refractivity contribution is -0.436. The first-order valence-corrected chi connectivity index (χ1v) is 25.2. The van der Waals surface area contributed by atoms with Crippen LogP contribution >= 0.6 is 0 Å². The molecule has 0 aliphatic carbocycles. The number of benzene rings is 6. The third-order valence-electron chi connectivity index (χ3n) is 14.6. The molecule has 2 aliphatic heterocycles. The van der Waals surface area contributed by atoms with Crippen molar-refractivity contribution in [3.63, 3.8) is 0 Å². The molecule has 0 fully saturated rings. The van der Waals surface area contributed by atoms with E-state index in [0.717, 1.165) is 109 Å². The smallest absolute Gasteiger partial charge is 0.309 e. The van der Waals surface area contributed by atoms with E-state index in [1.54, 1.807) is 0 Å². The highest BCUT2D eigenvalue weighted by Gasteiger charge is 2.52. The second-order valence-electron chi connectivity index (χ2n) is 19.1. The molecule has 6 aromatic rings. The van der Waals surface area contributed by atoms with Gasteiger partial charge in [-0.1, -0.05) is 180 Å². The topological polar surface area (TPSA) is 105 Å². The van der Waals surface area contributed by atoms with Crippen LogP contribution in [0.25, 0.3) is 21.5 Å². The molecule has 0 bridgehead atoms. The van der Waals surface area contributed by atoms with Crippen LogP contribution < -0.4 is 4.90 Å². The van der Waals surface area contributed by atoms with Gasteiger partial charge in [-0.15, -0.1) is 0 Å². The van der Waals surface area contributed by atoms with Crippen LogP contribution in [-0.2, 0) is 33.3 Å². The first-order valence-electron chi connectivity index (χ1n) is 25.2. The van der Waals surface area contributed by atoms with Gasteiger partial charge < -0.3 is 15.1 Å². The summed E-state index contributed by atoms with van der Waals surface area (Å²) in [7, 11) is 0. The zero-order chi connectivity index (χ0) is 48.2. The summed E-state index contributed by atoms with van der Waals surface area (Å²) in [5.41, 5.74) is 8.27. The van der Waals surface area contributed by atoms with E-state index in [4.69, 9.17) is 0 Å². The number of carboxylic acids is 2. The van der Waals surface area contributed by atoms with Gasteiger partial charge in [0, 0.05) is 41.1 Å². The van der Waals surface area contributed by atoms with Gasteiger partial charge in [-0.25, -0.2) is 0 Å². The van der Waals surface area contributed by atoms with Gasteiger partial charge in [-0.05, 0) is 94.3 Å². The Kier molecular flexibility index (Phi) is 15.7. The van der Waals surface area contributed by atoms with Crippen molar-refractivity contribution in [3.8, 4) is 6.07 Å². The molecule has 0 saturated carbocycles. The van der Waals surface area contributed by atoms with E-state index >= 15 is 0 Å². The highest BCUT2D eigenvalue weighted by molar-refractivity contribution is 6.08. The maximum Gasteiger partial charge on any atom is 0.309 e. The molecule has 0 aromatic heterocycles. The van der Waals surface area contributed by atoms with E-state index < -0.39 is 22.8 Å². The van der Waals surface area contributed by atoms with E-state index in [1.807, 2.05) is 24.3 Å². The lowest BCUT2D eigenvalue weighted by Crippen LogP contribution is -2.37. The number of anilines is 1. The summed E-state index contributed by atoms with van der Waals surface area (Å²) < 4.78 is 2.22. The highest BCUT2D eigenvalue weighted by Crippen LogP contribution is 2.56. The molecule has 69 heavy (non-hydrogen) atoms. The molecule has 6 aromatic carbocycles. The first kappa shape index (κ1) is 48.4. The predicted octanol–water partition coefficient (Wildman–Crippen LogP) is 14.4. The van der Waals surface area contributed by atoms with Crippen molar-refractivity contribution in [1.29, 1.82) is 5.26 Å². The Bertz CT molecular complexity index is 2960. The van der Waals surface area contributed by atoms with Gasteiger partial charge in [0.15, 0.2) is 12.3 Å². The third kappa shape index (κ3) is 10.4. The van der Waals surface area contributed by atoms with Crippen molar-refractivity contribution in [3.05, 3.63) is 191 Å². The third-order valence-corrected chi connectivity index (χ3v) is 14.6. The molecule has 2 heterocycles. The fourth-order valence-electron chi connectivity index (χ4n) is 11.5. The Morgan fingerprint density at radius 1 is 0.638 bits per heavy atom. The van der Waals surface area contributed by atoms with Gasteiger partial charge in [0.05, 0.1) is 23.5 Å². The molecule has 2 unspecified atom stereocenters. The maximum absolute atomic E-state index is 12.4. The van der Waals surface area contributed by atoms with Crippen molar-refractivity contribution in [2.24, 2.45) is 0 Å². The zero-order valence-electron chi connectivity index (χ0n) is 40.4. The molecule has 7 heteroatoms. The number of nitrogens with zero attached hydrogens (tertiary/aromatic N) is 3. The number of hydrogen-bond donors (Lipinski definition) is 2.